The lowest BCUT2D eigenvalue weighted by molar-refractivity contribution is -0.925. The van der Waals surface area contributed by atoms with Crippen LogP contribution in [0.3, 0.4) is 0 Å². The van der Waals surface area contributed by atoms with E-state index in [2.05, 4.69) is 41.3 Å². The zero-order chi connectivity index (χ0) is 21.3. The van der Waals surface area contributed by atoms with Crippen molar-refractivity contribution in [2.24, 2.45) is 0 Å². The van der Waals surface area contributed by atoms with Crippen molar-refractivity contribution in [3.8, 4) is 5.75 Å². The van der Waals surface area contributed by atoms with Crippen molar-refractivity contribution < 1.29 is 9.64 Å². The predicted molar refractivity (Wildman–Crippen MR) is 115 cm³/mol. The molecule has 8 heteroatoms. The molecule has 1 aliphatic rings. The number of methoxy groups -OCH3 is 1. The molecule has 30 heavy (non-hydrogen) atoms. The van der Waals surface area contributed by atoms with Crippen molar-refractivity contribution in [2.45, 2.75) is 58.0 Å². The molecule has 1 saturated heterocycles. The van der Waals surface area contributed by atoms with E-state index in [9.17, 15) is 4.79 Å². The SMILES string of the molecule is COc1ccc2[nH]c(=O)c([C@@H](c3nnnn3C(C)(C)C)[NH+]3CCCCCC3)cc2c1. The topological polar surface area (TPSA) is 90.1 Å². The van der Waals surface area contributed by atoms with Crippen LogP contribution in [0.25, 0.3) is 10.9 Å². The Labute approximate surface area is 176 Å². The molecule has 0 unspecified atom stereocenters. The van der Waals surface area contributed by atoms with Crippen LogP contribution in [0.4, 0.5) is 0 Å². The van der Waals surface area contributed by atoms with Gasteiger partial charge in [0.05, 0.1) is 31.3 Å². The predicted octanol–water partition coefficient (Wildman–Crippen LogP) is 1.83. The Morgan fingerprint density at radius 1 is 1.13 bits per heavy atom. The molecule has 0 bridgehead atoms. The molecule has 1 aliphatic heterocycles. The van der Waals surface area contributed by atoms with Crippen LogP contribution in [-0.2, 0) is 5.54 Å². The lowest BCUT2D eigenvalue weighted by Crippen LogP contribution is -3.12. The van der Waals surface area contributed by atoms with Gasteiger partial charge in [-0.15, -0.1) is 5.10 Å². The van der Waals surface area contributed by atoms with E-state index in [0.29, 0.717) is 5.56 Å². The van der Waals surface area contributed by atoms with Crippen LogP contribution in [0.1, 0.15) is 63.9 Å². The molecule has 2 N–H and O–H groups in total. The molecule has 0 amide bonds. The molecule has 4 rings (SSSR count). The van der Waals surface area contributed by atoms with Gasteiger partial charge in [0, 0.05) is 10.9 Å². The van der Waals surface area contributed by atoms with Crippen LogP contribution in [0.2, 0.25) is 0 Å². The number of hydrogen-bond acceptors (Lipinski definition) is 5. The first-order valence-electron chi connectivity index (χ1n) is 10.7. The summed E-state index contributed by atoms with van der Waals surface area (Å²) in [6.45, 7) is 8.24. The summed E-state index contributed by atoms with van der Waals surface area (Å²) in [5.74, 6) is 1.51. The van der Waals surface area contributed by atoms with Gasteiger partial charge in [-0.25, -0.2) is 4.68 Å². The number of aromatic nitrogens is 5. The van der Waals surface area contributed by atoms with E-state index in [4.69, 9.17) is 4.74 Å². The molecule has 8 nitrogen and oxygen atoms in total. The van der Waals surface area contributed by atoms with E-state index in [1.165, 1.54) is 17.7 Å². The molecule has 1 atom stereocenters. The minimum atomic E-state index is -0.283. The summed E-state index contributed by atoms with van der Waals surface area (Å²) in [5.41, 5.74) is 1.13. The van der Waals surface area contributed by atoms with E-state index in [1.54, 1.807) is 7.11 Å². The number of fused-ring (bicyclic) bond motifs is 1. The molecule has 0 radical (unpaired) electrons. The molecule has 1 fully saturated rings. The van der Waals surface area contributed by atoms with Crippen LogP contribution in [0, 0.1) is 0 Å². The first-order chi connectivity index (χ1) is 14.4. The fourth-order valence-electron chi connectivity index (χ4n) is 4.41. The number of benzene rings is 1. The van der Waals surface area contributed by atoms with E-state index < -0.39 is 0 Å². The number of nitrogens with zero attached hydrogens (tertiary/aromatic N) is 4. The van der Waals surface area contributed by atoms with Gasteiger partial charge in [0.1, 0.15) is 5.75 Å². The summed E-state index contributed by atoms with van der Waals surface area (Å²) in [4.78, 5) is 17.6. The van der Waals surface area contributed by atoms with Crippen molar-refractivity contribution in [1.82, 2.24) is 25.2 Å². The maximum atomic E-state index is 13.2. The average Bonchev–Trinajstić information content (AvgIpc) is 3.05. The first-order valence-corrected chi connectivity index (χ1v) is 10.7. The van der Waals surface area contributed by atoms with Crippen molar-refractivity contribution in [2.75, 3.05) is 20.2 Å². The molecule has 3 aromatic rings. The number of aromatic amines is 1. The zero-order valence-corrected chi connectivity index (χ0v) is 18.2. The lowest BCUT2D eigenvalue weighted by atomic mass is 10.0. The molecule has 3 heterocycles. The van der Waals surface area contributed by atoms with E-state index in [1.807, 2.05) is 28.9 Å². The highest BCUT2D eigenvalue weighted by Gasteiger charge is 2.36. The summed E-state index contributed by atoms with van der Waals surface area (Å²) in [6, 6.07) is 7.45. The van der Waals surface area contributed by atoms with Crippen LogP contribution in [0.15, 0.2) is 29.1 Å². The number of hydrogen-bond donors (Lipinski definition) is 2. The van der Waals surface area contributed by atoms with Crippen molar-refractivity contribution >= 4 is 10.9 Å². The van der Waals surface area contributed by atoms with Crippen LogP contribution < -0.4 is 15.2 Å². The number of rotatable bonds is 4. The second-order valence-electron chi connectivity index (χ2n) is 9.13. The highest BCUT2D eigenvalue weighted by atomic mass is 16.5. The summed E-state index contributed by atoms with van der Waals surface area (Å²) in [7, 11) is 1.65. The summed E-state index contributed by atoms with van der Waals surface area (Å²) < 4.78 is 7.25. The maximum absolute atomic E-state index is 13.2. The summed E-state index contributed by atoms with van der Waals surface area (Å²) >= 11 is 0. The molecular formula is C22H31N6O2+. The molecule has 0 spiro atoms. The minimum Gasteiger partial charge on any atom is -0.497 e. The van der Waals surface area contributed by atoms with E-state index in [-0.39, 0.29) is 17.1 Å². The first kappa shape index (κ1) is 20.5. The second kappa shape index (κ2) is 8.18. The lowest BCUT2D eigenvalue weighted by Gasteiger charge is -2.29. The Balaban J connectivity index is 1.91. The maximum Gasteiger partial charge on any atom is 0.258 e. The Kier molecular flexibility index (Phi) is 5.60. The monoisotopic (exact) mass is 411 g/mol. The van der Waals surface area contributed by atoms with Crippen LogP contribution in [0.5, 0.6) is 5.75 Å². The molecule has 0 saturated carbocycles. The molecule has 2 aromatic heterocycles. The number of likely N-dealkylation sites (tertiary alicyclic amines) is 1. The van der Waals surface area contributed by atoms with Gasteiger partial charge in [0.2, 0.25) is 5.82 Å². The Morgan fingerprint density at radius 3 is 2.53 bits per heavy atom. The van der Waals surface area contributed by atoms with E-state index in [0.717, 1.165) is 48.4 Å². The number of quaternary nitrogens is 1. The smallest absolute Gasteiger partial charge is 0.258 e. The van der Waals surface area contributed by atoms with Crippen LogP contribution >= 0.6 is 0 Å². The number of tetrazole rings is 1. The fraction of sp³-hybridized carbons (Fsp3) is 0.545. The van der Waals surface area contributed by atoms with Gasteiger partial charge >= 0.3 is 0 Å². The number of pyridine rings is 1. The summed E-state index contributed by atoms with van der Waals surface area (Å²) in [5, 5.41) is 13.6. The third kappa shape index (κ3) is 3.96. The Morgan fingerprint density at radius 2 is 1.87 bits per heavy atom. The normalized spacial score (nSPS) is 17.1. The van der Waals surface area contributed by atoms with E-state index >= 15 is 0 Å². The number of nitrogens with one attached hydrogen (secondary N) is 2. The number of H-pyrrole nitrogens is 1. The molecule has 0 aliphatic carbocycles. The Hall–Kier alpha value is -2.74. The third-order valence-electron chi connectivity index (χ3n) is 5.93. The van der Waals surface area contributed by atoms with Gasteiger partial charge in [0.25, 0.3) is 5.56 Å². The molecule has 1 aromatic carbocycles. The van der Waals surface area contributed by atoms with Crippen molar-refractivity contribution in [3.05, 3.63) is 46.0 Å². The zero-order valence-electron chi connectivity index (χ0n) is 18.2. The van der Waals surface area contributed by atoms with Gasteiger partial charge < -0.3 is 14.6 Å². The quantitative estimate of drug-likeness (QED) is 0.684. The third-order valence-corrected chi connectivity index (χ3v) is 5.93. The van der Waals surface area contributed by atoms with Gasteiger partial charge in [-0.05, 0) is 81.1 Å². The largest absolute Gasteiger partial charge is 0.497 e. The van der Waals surface area contributed by atoms with Gasteiger partial charge in [-0.3, -0.25) is 4.79 Å². The molecule has 160 valence electrons. The van der Waals surface area contributed by atoms with Crippen molar-refractivity contribution in [3.63, 3.8) is 0 Å². The number of ether oxygens (including phenoxy) is 1. The second-order valence-corrected chi connectivity index (χ2v) is 9.13. The standard InChI is InChI=1S/C22H30N6O2/c1-22(2,3)28-20(24-25-26-28)19(27-11-7-5-6-8-12-27)17-14-15-13-16(30-4)9-10-18(15)23-21(17)29/h9-10,13-14,19H,5-8,11-12H2,1-4H3,(H,23,29)/p+1/t19-/m0/s1. The Bertz CT molecular complexity index is 1070. The van der Waals surface area contributed by atoms with Gasteiger partial charge in [0.15, 0.2) is 6.04 Å². The van der Waals surface area contributed by atoms with Gasteiger partial charge in [-0.2, -0.15) is 0 Å². The van der Waals surface area contributed by atoms with Crippen LogP contribution in [-0.4, -0.2) is 45.4 Å². The highest BCUT2D eigenvalue weighted by Crippen LogP contribution is 2.24. The fourth-order valence-corrected chi connectivity index (χ4v) is 4.41. The highest BCUT2D eigenvalue weighted by molar-refractivity contribution is 5.80. The summed E-state index contributed by atoms with van der Waals surface area (Å²) in [6.07, 6.45) is 4.74. The average molecular weight is 412 g/mol. The van der Waals surface area contributed by atoms with Gasteiger partial charge in [-0.1, -0.05) is 0 Å². The molecular weight excluding hydrogens is 380 g/mol. The minimum absolute atomic E-state index is 0.0853. The van der Waals surface area contributed by atoms with Crippen molar-refractivity contribution in [1.29, 1.82) is 0 Å².